The van der Waals surface area contributed by atoms with Crippen LogP contribution in [-0.4, -0.2) is 31.1 Å². The number of hydrogen-bond acceptors (Lipinski definition) is 3. The maximum absolute atomic E-state index is 5.57. The van der Waals surface area contributed by atoms with Gasteiger partial charge in [0.15, 0.2) is 0 Å². The summed E-state index contributed by atoms with van der Waals surface area (Å²) in [7, 11) is 1.76. The monoisotopic (exact) mass is 312 g/mol. The number of allylic oxidation sites excluding steroid dienone is 2. The molecule has 0 heterocycles. The molecule has 1 aliphatic rings. The van der Waals surface area contributed by atoms with Crippen LogP contribution in [0.5, 0.6) is 5.75 Å². The first-order valence-corrected chi connectivity index (χ1v) is 8.32. The summed E-state index contributed by atoms with van der Waals surface area (Å²) in [6, 6.07) is 6.91. The molecule has 0 saturated carbocycles. The molecule has 2 rings (SSSR count). The fourth-order valence-corrected chi connectivity index (χ4v) is 3.41. The first-order valence-electron chi connectivity index (χ1n) is 8.32. The van der Waals surface area contributed by atoms with Crippen LogP contribution < -0.4 is 10.5 Å². The van der Waals surface area contributed by atoms with Crippen LogP contribution in [0.2, 0.25) is 0 Å². The Bertz CT molecular complexity index is 575. The number of nitrogens with zero attached hydrogens (tertiary/aromatic N) is 1. The van der Waals surface area contributed by atoms with E-state index in [4.69, 9.17) is 10.5 Å². The van der Waals surface area contributed by atoms with Crippen LogP contribution in [0.1, 0.15) is 24.5 Å². The van der Waals surface area contributed by atoms with Crippen molar-refractivity contribution < 1.29 is 4.74 Å². The van der Waals surface area contributed by atoms with Gasteiger partial charge in [-0.2, -0.15) is 0 Å². The van der Waals surface area contributed by atoms with Gasteiger partial charge in [0.1, 0.15) is 5.75 Å². The van der Waals surface area contributed by atoms with Crippen LogP contribution >= 0.6 is 0 Å². The Morgan fingerprint density at radius 3 is 2.96 bits per heavy atom. The number of rotatable bonds is 7. The highest BCUT2D eigenvalue weighted by molar-refractivity contribution is 5.42. The summed E-state index contributed by atoms with van der Waals surface area (Å²) in [4.78, 5) is 2.52. The van der Waals surface area contributed by atoms with Gasteiger partial charge in [0.2, 0.25) is 0 Å². The number of benzene rings is 1. The van der Waals surface area contributed by atoms with Crippen LogP contribution in [-0.2, 0) is 12.8 Å². The van der Waals surface area contributed by atoms with Gasteiger partial charge in [-0.05, 0) is 60.8 Å². The molecule has 1 aromatic carbocycles. The molecule has 0 aliphatic heterocycles. The van der Waals surface area contributed by atoms with Crippen molar-refractivity contribution in [2.45, 2.75) is 32.2 Å². The number of hydrogen-bond donors (Lipinski definition) is 1. The Morgan fingerprint density at radius 2 is 2.30 bits per heavy atom. The third-order valence-corrected chi connectivity index (χ3v) is 4.59. The minimum absolute atomic E-state index is 0.531. The number of nitrogens with two attached hydrogens (primary N) is 1. The van der Waals surface area contributed by atoms with E-state index in [2.05, 4.69) is 36.6 Å². The molecule has 124 valence electrons. The molecule has 3 nitrogen and oxygen atoms in total. The van der Waals surface area contributed by atoms with Crippen molar-refractivity contribution >= 4 is 0 Å². The molecule has 0 spiro atoms. The smallest absolute Gasteiger partial charge is 0.122 e. The summed E-state index contributed by atoms with van der Waals surface area (Å²) in [5.41, 5.74) is 9.56. The van der Waals surface area contributed by atoms with Crippen LogP contribution in [0.3, 0.4) is 0 Å². The highest BCUT2D eigenvalue weighted by atomic mass is 16.5. The second kappa shape index (κ2) is 8.59. The van der Waals surface area contributed by atoms with Gasteiger partial charge in [0, 0.05) is 12.6 Å². The lowest BCUT2D eigenvalue weighted by Gasteiger charge is -2.35. The molecular weight excluding hydrogens is 284 g/mol. The van der Waals surface area contributed by atoms with E-state index in [-0.39, 0.29) is 0 Å². The third-order valence-electron chi connectivity index (χ3n) is 4.59. The standard InChI is InChI=1S/C20H28N2O/c1-4-7-16(12-13-21)15-22(5-2)18-11-10-17-8-6-9-20(23-3)19(17)14-18/h4,6-9,12-13,18H,1,5,10-11,14-15,21H2,2-3H3/b13-12-,16-7+. The molecule has 0 fully saturated rings. The summed E-state index contributed by atoms with van der Waals surface area (Å²) >= 11 is 0. The Labute approximate surface area is 140 Å². The van der Waals surface area contributed by atoms with Crippen molar-refractivity contribution in [2.75, 3.05) is 20.2 Å². The van der Waals surface area contributed by atoms with E-state index in [1.807, 2.05) is 18.2 Å². The summed E-state index contributed by atoms with van der Waals surface area (Å²) in [6.07, 6.45) is 10.7. The molecule has 2 N–H and O–H groups in total. The predicted molar refractivity (Wildman–Crippen MR) is 97.7 cm³/mol. The topological polar surface area (TPSA) is 38.5 Å². The van der Waals surface area contributed by atoms with E-state index in [0.717, 1.165) is 31.7 Å². The fourth-order valence-electron chi connectivity index (χ4n) is 3.41. The average molecular weight is 312 g/mol. The maximum Gasteiger partial charge on any atom is 0.122 e. The van der Waals surface area contributed by atoms with Gasteiger partial charge < -0.3 is 10.5 Å². The van der Waals surface area contributed by atoms with Crippen molar-refractivity contribution in [2.24, 2.45) is 5.73 Å². The minimum atomic E-state index is 0.531. The first kappa shape index (κ1) is 17.4. The van der Waals surface area contributed by atoms with Gasteiger partial charge in [-0.1, -0.05) is 37.8 Å². The van der Waals surface area contributed by atoms with Gasteiger partial charge in [-0.15, -0.1) is 0 Å². The van der Waals surface area contributed by atoms with Gasteiger partial charge in [-0.3, -0.25) is 4.90 Å². The lowest BCUT2D eigenvalue weighted by atomic mass is 9.86. The van der Waals surface area contributed by atoms with Gasteiger partial charge in [-0.25, -0.2) is 0 Å². The van der Waals surface area contributed by atoms with Gasteiger partial charge >= 0.3 is 0 Å². The summed E-state index contributed by atoms with van der Waals surface area (Å²) in [5, 5.41) is 0. The zero-order chi connectivity index (χ0) is 16.7. The fraction of sp³-hybridized carbons (Fsp3) is 0.400. The molecule has 1 aliphatic carbocycles. The summed E-state index contributed by atoms with van der Waals surface area (Å²) in [5.74, 6) is 1.02. The normalized spacial score (nSPS) is 18.2. The number of fused-ring (bicyclic) bond motifs is 1. The number of likely N-dealkylation sites (N-methyl/N-ethyl adjacent to an activating group) is 1. The molecule has 0 amide bonds. The molecule has 1 aromatic rings. The Balaban J connectivity index is 2.17. The molecule has 23 heavy (non-hydrogen) atoms. The van der Waals surface area contributed by atoms with Crippen molar-refractivity contribution in [3.05, 3.63) is 65.9 Å². The molecular formula is C20H28N2O. The molecule has 3 heteroatoms. The van der Waals surface area contributed by atoms with E-state index in [0.29, 0.717) is 6.04 Å². The lowest BCUT2D eigenvalue weighted by Crippen LogP contribution is -2.40. The van der Waals surface area contributed by atoms with E-state index in [1.165, 1.54) is 23.1 Å². The number of methoxy groups -OCH3 is 1. The van der Waals surface area contributed by atoms with Crippen molar-refractivity contribution in [3.63, 3.8) is 0 Å². The number of ether oxygens (including phenoxy) is 1. The van der Waals surface area contributed by atoms with E-state index in [9.17, 15) is 0 Å². The molecule has 1 unspecified atom stereocenters. The Kier molecular flexibility index (Phi) is 6.48. The maximum atomic E-state index is 5.57. The largest absolute Gasteiger partial charge is 0.496 e. The Morgan fingerprint density at radius 1 is 1.48 bits per heavy atom. The van der Waals surface area contributed by atoms with E-state index < -0.39 is 0 Å². The predicted octanol–water partition coefficient (Wildman–Crippen LogP) is 3.46. The molecule has 0 saturated heterocycles. The van der Waals surface area contributed by atoms with Crippen LogP contribution in [0.4, 0.5) is 0 Å². The second-order valence-corrected chi connectivity index (χ2v) is 5.89. The summed E-state index contributed by atoms with van der Waals surface area (Å²) < 4.78 is 5.56. The number of aryl methyl sites for hydroxylation is 1. The van der Waals surface area contributed by atoms with Crippen LogP contribution in [0.15, 0.2) is 54.8 Å². The molecule has 1 atom stereocenters. The summed E-state index contributed by atoms with van der Waals surface area (Å²) in [6.45, 7) is 7.92. The average Bonchev–Trinajstić information content (AvgIpc) is 2.59. The van der Waals surface area contributed by atoms with Crippen LogP contribution in [0.25, 0.3) is 0 Å². The van der Waals surface area contributed by atoms with Crippen molar-refractivity contribution in [3.8, 4) is 5.75 Å². The molecule has 0 radical (unpaired) electrons. The van der Waals surface area contributed by atoms with E-state index >= 15 is 0 Å². The molecule has 0 bridgehead atoms. The highest BCUT2D eigenvalue weighted by Gasteiger charge is 2.25. The third kappa shape index (κ3) is 4.26. The van der Waals surface area contributed by atoms with Crippen molar-refractivity contribution in [1.82, 2.24) is 4.90 Å². The first-order chi connectivity index (χ1) is 11.2. The molecule has 0 aromatic heterocycles. The van der Waals surface area contributed by atoms with E-state index in [1.54, 1.807) is 13.3 Å². The lowest BCUT2D eigenvalue weighted by molar-refractivity contribution is 0.204. The van der Waals surface area contributed by atoms with Crippen LogP contribution in [0, 0.1) is 0 Å². The zero-order valence-corrected chi connectivity index (χ0v) is 14.3. The Hall–Kier alpha value is -2.00. The quantitative estimate of drug-likeness (QED) is 0.784. The minimum Gasteiger partial charge on any atom is -0.496 e. The van der Waals surface area contributed by atoms with Gasteiger partial charge in [0.25, 0.3) is 0 Å². The second-order valence-electron chi connectivity index (χ2n) is 5.89. The SMILES string of the molecule is C=C/C=C(\C=C/N)CN(CC)C1CCc2cccc(OC)c2C1. The zero-order valence-electron chi connectivity index (χ0n) is 14.3. The van der Waals surface area contributed by atoms with Gasteiger partial charge in [0.05, 0.1) is 7.11 Å². The van der Waals surface area contributed by atoms with Crippen molar-refractivity contribution in [1.29, 1.82) is 0 Å². The highest BCUT2D eigenvalue weighted by Crippen LogP contribution is 2.31.